The van der Waals surface area contributed by atoms with Crippen LogP contribution in [0.3, 0.4) is 0 Å². The van der Waals surface area contributed by atoms with Crippen LogP contribution in [0.25, 0.3) is 0 Å². The normalized spacial score (nSPS) is 17.1. The molecular formula is C21H24N2O4S. The van der Waals surface area contributed by atoms with Gasteiger partial charge in [-0.3, -0.25) is 0 Å². The highest BCUT2D eigenvalue weighted by atomic mass is 32.2. The van der Waals surface area contributed by atoms with Crippen molar-refractivity contribution in [3.63, 3.8) is 0 Å². The fourth-order valence-electron chi connectivity index (χ4n) is 3.25. The number of hydrogen-bond acceptors (Lipinski definition) is 5. The zero-order valence-electron chi connectivity index (χ0n) is 15.8. The van der Waals surface area contributed by atoms with E-state index >= 15 is 0 Å². The molecule has 1 aliphatic heterocycles. The van der Waals surface area contributed by atoms with E-state index in [1.807, 2.05) is 60.7 Å². The van der Waals surface area contributed by atoms with Gasteiger partial charge < -0.3 is 4.74 Å². The Balaban J connectivity index is 1.81. The second-order valence-corrected chi connectivity index (χ2v) is 8.61. The van der Waals surface area contributed by atoms with Gasteiger partial charge in [0.15, 0.2) is 6.04 Å². The van der Waals surface area contributed by atoms with Gasteiger partial charge in [-0.05, 0) is 36.8 Å². The fraction of sp³-hybridized carbons (Fsp3) is 0.333. The molecule has 7 heteroatoms. The van der Waals surface area contributed by atoms with Crippen molar-refractivity contribution >= 4 is 21.7 Å². The third kappa shape index (κ3) is 4.78. The quantitative estimate of drug-likeness (QED) is 0.670. The molecule has 0 spiro atoms. The molecule has 0 bridgehead atoms. The van der Waals surface area contributed by atoms with Crippen LogP contribution in [0.4, 0.5) is 0 Å². The number of sulfonamides is 1. The second-order valence-electron chi connectivity index (χ2n) is 6.67. The summed E-state index contributed by atoms with van der Waals surface area (Å²) in [6.45, 7) is 0. The van der Waals surface area contributed by atoms with Crippen LogP contribution in [-0.2, 0) is 26.0 Å². The predicted molar refractivity (Wildman–Crippen MR) is 108 cm³/mol. The van der Waals surface area contributed by atoms with E-state index in [1.54, 1.807) is 0 Å². The molecule has 1 atom stereocenters. The molecule has 1 aliphatic rings. The van der Waals surface area contributed by atoms with Crippen LogP contribution in [0.5, 0.6) is 0 Å². The lowest BCUT2D eigenvalue weighted by molar-refractivity contribution is -0.145. The van der Waals surface area contributed by atoms with Gasteiger partial charge in [0, 0.05) is 0 Å². The SMILES string of the molecule is COC(=O)C1CCC(c2ccccc2)=NN1S(=O)(=O)CCCc1ccccc1. The summed E-state index contributed by atoms with van der Waals surface area (Å²) in [5, 5.41) is 4.36. The predicted octanol–water partition coefficient (Wildman–Crippen LogP) is 2.99. The summed E-state index contributed by atoms with van der Waals surface area (Å²) in [5.41, 5.74) is 2.59. The first-order chi connectivity index (χ1) is 13.5. The minimum Gasteiger partial charge on any atom is -0.467 e. The molecule has 28 heavy (non-hydrogen) atoms. The summed E-state index contributed by atoms with van der Waals surface area (Å²) in [5.74, 6) is -0.663. The highest BCUT2D eigenvalue weighted by Crippen LogP contribution is 2.24. The molecule has 0 N–H and O–H groups in total. The molecule has 0 aliphatic carbocycles. The van der Waals surface area contributed by atoms with Crippen molar-refractivity contribution in [1.82, 2.24) is 4.41 Å². The molecule has 0 saturated carbocycles. The van der Waals surface area contributed by atoms with Crippen LogP contribution in [0, 0.1) is 0 Å². The Kier molecular flexibility index (Phi) is 6.46. The number of hydrogen-bond donors (Lipinski definition) is 0. The summed E-state index contributed by atoms with van der Waals surface area (Å²) in [7, 11) is -2.49. The van der Waals surface area contributed by atoms with Crippen LogP contribution in [0.15, 0.2) is 65.8 Å². The van der Waals surface area contributed by atoms with E-state index in [0.717, 1.165) is 15.5 Å². The maximum Gasteiger partial charge on any atom is 0.331 e. The van der Waals surface area contributed by atoms with Crippen LogP contribution < -0.4 is 0 Å². The van der Waals surface area contributed by atoms with E-state index in [4.69, 9.17) is 4.74 Å². The van der Waals surface area contributed by atoms with Crippen molar-refractivity contribution in [3.05, 3.63) is 71.8 Å². The Morgan fingerprint density at radius 2 is 1.75 bits per heavy atom. The number of ether oxygens (including phenoxy) is 1. The number of nitrogens with zero attached hydrogens (tertiary/aromatic N) is 2. The van der Waals surface area contributed by atoms with Crippen molar-refractivity contribution in [2.24, 2.45) is 5.10 Å². The Morgan fingerprint density at radius 3 is 2.39 bits per heavy atom. The summed E-state index contributed by atoms with van der Waals surface area (Å²) in [6, 6.07) is 18.2. The van der Waals surface area contributed by atoms with Crippen molar-refractivity contribution in [2.75, 3.05) is 12.9 Å². The Labute approximate surface area is 165 Å². The summed E-state index contributed by atoms with van der Waals surface area (Å²) in [4.78, 5) is 12.2. The minimum absolute atomic E-state index is 0.0824. The molecule has 2 aromatic carbocycles. The Hall–Kier alpha value is -2.67. The van der Waals surface area contributed by atoms with Gasteiger partial charge in [-0.1, -0.05) is 60.7 Å². The van der Waals surface area contributed by atoms with Gasteiger partial charge >= 0.3 is 5.97 Å². The zero-order valence-corrected chi connectivity index (χ0v) is 16.6. The van der Waals surface area contributed by atoms with Crippen LogP contribution in [0.1, 0.15) is 30.4 Å². The number of rotatable bonds is 7. The topological polar surface area (TPSA) is 76.0 Å². The second kappa shape index (κ2) is 9.01. The summed E-state index contributed by atoms with van der Waals surface area (Å²) in [6.07, 6.45) is 1.96. The molecule has 0 amide bonds. The molecule has 0 saturated heterocycles. The van der Waals surface area contributed by atoms with Gasteiger partial charge in [0.25, 0.3) is 10.0 Å². The van der Waals surface area contributed by atoms with Crippen molar-refractivity contribution in [2.45, 2.75) is 31.7 Å². The maximum absolute atomic E-state index is 13.0. The van der Waals surface area contributed by atoms with Gasteiger partial charge in [0.1, 0.15) is 0 Å². The molecule has 148 valence electrons. The van der Waals surface area contributed by atoms with Crippen LogP contribution in [0.2, 0.25) is 0 Å². The average molecular weight is 401 g/mol. The first-order valence-electron chi connectivity index (χ1n) is 9.28. The van der Waals surface area contributed by atoms with Crippen molar-refractivity contribution in [3.8, 4) is 0 Å². The molecule has 2 aromatic rings. The molecule has 0 radical (unpaired) electrons. The van der Waals surface area contributed by atoms with E-state index in [2.05, 4.69) is 5.10 Å². The number of carbonyl (C=O) groups is 1. The van der Waals surface area contributed by atoms with Crippen LogP contribution >= 0.6 is 0 Å². The third-order valence-corrected chi connectivity index (χ3v) is 6.43. The van der Waals surface area contributed by atoms with Crippen molar-refractivity contribution in [1.29, 1.82) is 0 Å². The number of benzene rings is 2. The first-order valence-corrected chi connectivity index (χ1v) is 10.9. The van der Waals surface area contributed by atoms with E-state index in [0.29, 0.717) is 31.4 Å². The van der Waals surface area contributed by atoms with E-state index in [1.165, 1.54) is 7.11 Å². The molecule has 1 heterocycles. The highest BCUT2D eigenvalue weighted by molar-refractivity contribution is 7.89. The van der Waals surface area contributed by atoms with Gasteiger partial charge in [-0.15, -0.1) is 0 Å². The third-order valence-electron chi connectivity index (χ3n) is 4.72. The molecule has 0 aromatic heterocycles. The standard InChI is InChI=1S/C21H24N2O4S/c1-27-21(24)20-15-14-19(18-12-6-3-7-13-18)22-23(20)28(25,26)16-8-11-17-9-4-2-5-10-17/h2-7,9-10,12-13,20H,8,11,14-16H2,1H3. The van der Waals surface area contributed by atoms with Crippen molar-refractivity contribution < 1.29 is 17.9 Å². The molecule has 1 unspecified atom stereocenters. The minimum atomic E-state index is -3.75. The smallest absolute Gasteiger partial charge is 0.331 e. The fourth-order valence-corrected chi connectivity index (χ4v) is 4.75. The average Bonchev–Trinajstić information content (AvgIpc) is 2.74. The molecule has 0 fully saturated rings. The summed E-state index contributed by atoms with van der Waals surface area (Å²) >= 11 is 0. The highest BCUT2D eigenvalue weighted by Gasteiger charge is 2.37. The lowest BCUT2D eigenvalue weighted by Crippen LogP contribution is -2.46. The largest absolute Gasteiger partial charge is 0.467 e. The van der Waals surface area contributed by atoms with Crippen LogP contribution in [-0.4, -0.2) is 43.4 Å². The van der Waals surface area contributed by atoms with E-state index < -0.39 is 22.0 Å². The number of esters is 1. The monoisotopic (exact) mass is 400 g/mol. The Morgan fingerprint density at radius 1 is 1.11 bits per heavy atom. The zero-order chi connectivity index (χ0) is 20.0. The summed E-state index contributed by atoms with van der Waals surface area (Å²) < 4.78 is 31.8. The molecule has 6 nitrogen and oxygen atoms in total. The Bertz CT molecular complexity index is 927. The van der Waals surface area contributed by atoms with Gasteiger partial charge in [-0.2, -0.15) is 9.52 Å². The first kappa shape index (κ1) is 20.1. The van der Waals surface area contributed by atoms with Gasteiger partial charge in [0.05, 0.1) is 18.6 Å². The van der Waals surface area contributed by atoms with E-state index in [-0.39, 0.29) is 5.75 Å². The molecule has 3 rings (SSSR count). The number of aryl methyl sites for hydroxylation is 1. The van der Waals surface area contributed by atoms with Gasteiger partial charge in [-0.25, -0.2) is 13.2 Å². The number of carbonyl (C=O) groups excluding carboxylic acids is 1. The molecular weight excluding hydrogens is 376 g/mol. The lowest BCUT2D eigenvalue weighted by Gasteiger charge is -2.31. The lowest BCUT2D eigenvalue weighted by atomic mass is 10.0. The maximum atomic E-state index is 13.0. The van der Waals surface area contributed by atoms with Gasteiger partial charge in [0.2, 0.25) is 0 Å². The number of methoxy groups -OCH3 is 1. The number of hydrazone groups is 1. The van der Waals surface area contributed by atoms with E-state index in [9.17, 15) is 13.2 Å².